The second-order valence-electron chi connectivity index (χ2n) is 2.57. The zero-order valence-corrected chi connectivity index (χ0v) is 6.62. The molecule has 0 atom stereocenters. The van der Waals surface area contributed by atoms with Gasteiger partial charge in [0.05, 0.1) is 12.5 Å². The van der Waals surface area contributed by atoms with Gasteiger partial charge in [-0.1, -0.05) is 12.1 Å². The average Bonchev–Trinajstić information content (AvgIpc) is 2.47. The van der Waals surface area contributed by atoms with Crippen LogP contribution in [-0.4, -0.2) is 4.98 Å². The molecule has 0 fully saturated rings. The summed E-state index contributed by atoms with van der Waals surface area (Å²) in [6.45, 7) is 0. The number of nitriles is 1. The van der Waals surface area contributed by atoms with Crippen molar-refractivity contribution in [2.24, 2.45) is 0 Å². The Morgan fingerprint density at radius 3 is 3.15 bits per heavy atom. The number of fused-ring (bicyclic) bond motifs is 1. The van der Waals surface area contributed by atoms with E-state index in [1.807, 2.05) is 6.07 Å². The first kappa shape index (κ1) is 7.74. The number of nitrogens with zero attached hydrogens (tertiary/aromatic N) is 2. The highest BCUT2D eigenvalue weighted by atomic mass is 19.1. The molecule has 0 aliphatic heterocycles. The molecule has 4 heteroatoms. The van der Waals surface area contributed by atoms with E-state index in [-0.39, 0.29) is 6.42 Å². The van der Waals surface area contributed by atoms with Gasteiger partial charge in [0.1, 0.15) is 5.52 Å². The van der Waals surface area contributed by atoms with Crippen molar-refractivity contribution in [3.05, 3.63) is 29.9 Å². The summed E-state index contributed by atoms with van der Waals surface area (Å²) in [5.41, 5.74) is 1.48. The van der Waals surface area contributed by atoms with Crippen LogP contribution < -0.4 is 0 Å². The van der Waals surface area contributed by atoms with Crippen molar-refractivity contribution in [3.8, 4) is 6.07 Å². The maximum Gasteiger partial charge on any atom is 0.382 e. The molecule has 0 radical (unpaired) electrons. The molecule has 1 aromatic heterocycles. The van der Waals surface area contributed by atoms with Crippen LogP contribution in [0.5, 0.6) is 0 Å². The van der Waals surface area contributed by atoms with E-state index in [0.717, 1.165) is 0 Å². The fraction of sp³-hybridized carbons (Fsp3) is 0.111. The summed E-state index contributed by atoms with van der Waals surface area (Å²) in [6, 6.07) is 7.05. The van der Waals surface area contributed by atoms with E-state index >= 15 is 0 Å². The average molecular weight is 176 g/mol. The van der Waals surface area contributed by atoms with E-state index < -0.39 is 6.14 Å². The van der Waals surface area contributed by atoms with Gasteiger partial charge >= 0.3 is 6.14 Å². The number of aromatic nitrogens is 1. The minimum Gasteiger partial charge on any atom is -0.414 e. The number of benzene rings is 1. The molecular formula is C9H5FN2O. The third-order valence-corrected chi connectivity index (χ3v) is 1.74. The van der Waals surface area contributed by atoms with Crippen LogP contribution in [0.4, 0.5) is 4.39 Å². The van der Waals surface area contributed by atoms with Crippen LogP contribution in [-0.2, 0) is 6.42 Å². The number of rotatable bonds is 1. The lowest BCUT2D eigenvalue weighted by Crippen LogP contribution is -1.81. The van der Waals surface area contributed by atoms with E-state index in [1.54, 1.807) is 18.2 Å². The molecule has 0 aliphatic carbocycles. The molecule has 1 heterocycles. The summed E-state index contributed by atoms with van der Waals surface area (Å²) < 4.78 is 17.3. The zero-order valence-electron chi connectivity index (χ0n) is 6.62. The first-order valence-corrected chi connectivity index (χ1v) is 3.72. The highest BCUT2D eigenvalue weighted by Crippen LogP contribution is 2.19. The molecule has 0 saturated carbocycles. The maximum atomic E-state index is 12.6. The Kier molecular flexibility index (Phi) is 1.71. The Balaban J connectivity index is 2.69. The van der Waals surface area contributed by atoms with Crippen molar-refractivity contribution in [2.75, 3.05) is 0 Å². The van der Waals surface area contributed by atoms with Gasteiger partial charge < -0.3 is 4.42 Å². The Morgan fingerprint density at radius 1 is 1.54 bits per heavy atom. The van der Waals surface area contributed by atoms with Gasteiger partial charge in [0.25, 0.3) is 0 Å². The lowest BCUT2D eigenvalue weighted by molar-refractivity contribution is 0.354. The van der Waals surface area contributed by atoms with Crippen LogP contribution in [0.15, 0.2) is 22.6 Å². The Labute approximate surface area is 73.4 Å². The van der Waals surface area contributed by atoms with Gasteiger partial charge in [-0.25, -0.2) is 0 Å². The molecule has 13 heavy (non-hydrogen) atoms. The van der Waals surface area contributed by atoms with E-state index in [9.17, 15) is 4.39 Å². The van der Waals surface area contributed by atoms with Crippen molar-refractivity contribution in [2.45, 2.75) is 6.42 Å². The molecule has 0 saturated heterocycles. The van der Waals surface area contributed by atoms with Gasteiger partial charge in [-0.2, -0.15) is 10.2 Å². The standard InChI is InChI=1S/C9H5FN2O/c10-9-12-7-3-1-2-6(4-5-11)8(7)13-9/h1-3H,4H2. The van der Waals surface area contributed by atoms with E-state index in [0.29, 0.717) is 16.7 Å². The van der Waals surface area contributed by atoms with E-state index in [4.69, 9.17) is 9.68 Å². The van der Waals surface area contributed by atoms with Gasteiger partial charge in [-0.15, -0.1) is 4.39 Å². The summed E-state index contributed by atoms with van der Waals surface area (Å²) in [4.78, 5) is 3.51. The molecule has 2 aromatic rings. The van der Waals surface area contributed by atoms with Crippen LogP contribution in [0.1, 0.15) is 5.56 Å². The van der Waals surface area contributed by atoms with Crippen LogP contribution in [0.25, 0.3) is 11.1 Å². The van der Waals surface area contributed by atoms with E-state index in [1.165, 1.54) is 0 Å². The van der Waals surface area contributed by atoms with Gasteiger partial charge in [0.15, 0.2) is 5.58 Å². The third kappa shape index (κ3) is 1.25. The van der Waals surface area contributed by atoms with Crippen LogP contribution >= 0.6 is 0 Å². The highest BCUT2D eigenvalue weighted by molar-refractivity contribution is 5.76. The fourth-order valence-electron chi connectivity index (χ4n) is 1.20. The molecule has 2 rings (SSSR count). The van der Waals surface area contributed by atoms with Crippen molar-refractivity contribution in [1.82, 2.24) is 4.98 Å². The van der Waals surface area contributed by atoms with Crippen molar-refractivity contribution < 1.29 is 8.81 Å². The first-order chi connectivity index (χ1) is 6.31. The molecule has 64 valence electrons. The Bertz CT molecular complexity index is 484. The topological polar surface area (TPSA) is 49.8 Å². The summed E-state index contributed by atoms with van der Waals surface area (Å²) in [6.07, 6.45) is -0.660. The largest absolute Gasteiger partial charge is 0.414 e. The minimum absolute atomic E-state index is 0.200. The van der Waals surface area contributed by atoms with Gasteiger partial charge in [0, 0.05) is 5.56 Å². The predicted octanol–water partition coefficient (Wildman–Crippen LogP) is 2.03. The second-order valence-corrected chi connectivity index (χ2v) is 2.57. The smallest absolute Gasteiger partial charge is 0.382 e. The summed E-state index contributed by atoms with van der Waals surface area (Å²) in [5.74, 6) is 0. The molecule has 0 aliphatic rings. The lowest BCUT2D eigenvalue weighted by atomic mass is 10.1. The predicted molar refractivity (Wildman–Crippen MR) is 43.3 cm³/mol. The second kappa shape index (κ2) is 2.87. The van der Waals surface area contributed by atoms with E-state index in [2.05, 4.69) is 4.98 Å². The minimum atomic E-state index is -0.861. The summed E-state index contributed by atoms with van der Waals surface area (Å²) in [5, 5.41) is 8.48. The van der Waals surface area contributed by atoms with Crippen LogP contribution in [0.3, 0.4) is 0 Å². The van der Waals surface area contributed by atoms with Gasteiger partial charge in [-0.3, -0.25) is 0 Å². The van der Waals surface area contributed by atoms with Gasteiger partial charge in [0.2, 0.25) is 0 Å². The monoisotopic (exact) mass is 176 g/mol. The van der Waals surface area contributed by atoms with Crippen molar-refractivity contribution in [1.29, 1.82) is 5.26 Å². The SMILES string of the molecule is N#CCc1cccc2nc(F)oc12. The lowest BCUT2D eigenvalue weighted by Gasteiger charge is -1.92. The molecule has 0 bridgehead atoms. The molecule has 0 unspecified atom stereocenters. The van der Waals surface area contributed by atoms with Crippen LogP contribution in [0.2, 0.25) is 0 Å². The molecule has 0 amide bonds. The first-order valence-electron chi connectivity index (χ1n) is 3.72. The van der Waals surface area contributed by atoms with Crippen molar-refractivity contribution >= 4 is 11.1 Å². The Hall–Kier alpha value is -1.89. The normalized spacial score (nSPS) is 10.2. The van der Waals surface area contributed by atoms with Crippen molar-refractivity contribution in [3.63, 3.8) is 0 Å². The number of oxazole rings is 1. The van der Waals surface area contributed by atoms with Crippen LogP contribution in [0, 0.1) is 17.5 Å². The van der Waals surface area contributed by atoms with Gasteiger partial charge in [-0.05, 0) is 6.07 Å². The number of hydrogen-bond donors (Lipinski definition) is 0. The fourth-order valence-corrected chi connectivity index (χ4v) is 1.20. The molecule has 0 spiro atoms. The number of para-hydroxylation sites is 1. The maximum absolute atomic E-state index is 12.6. The number of halogens is 1. The summed E-state index contributed by atoms with van der Waals surface area (Å²) in [7, 11) is 0. The Morgan fingerprint density at radius 2 is 2.38 bits per heavy atom. The molecule has 3 nitrogen and oxygen atoms in total. The quantitative estimate of drug-likeness (QED) is 0.667. The molecule has 0 N–H and O–H groups in total. The molecule has 1 aromatic carbocycles. The molecular weight excluding hydrogens is 171 g/mol. The highest BCUT2D eigenvalue weighted by Gasteiger charge is 2.08. The number of hydrogen-bond acceptors (Lipinski definition) is 3. The third-order valence-electron chi connectivity index (χ3n) is 1.74. The zero-order chi connectivity index (χ0) is 9.26. The summed E-state index contributed by atoms with van der Waals surface area (Å²) >= 11 is 0.